The molecule has 0 unspecified atom stereocenters. The van der Waals surface area contributed by atoms with E-state index in [1.54, 1.807) is 36.5 Å². The zero-order valence-corrected chi connectivity index (χ0v) is 22.6. The summed E-state index contributed by atoms with van der Waals surface area (Å²) in [4.78, 5) is 17.5. The fourth-order valence-electron chi connectivity index (χ4n) is 3.36. The molecule has 4 aromatic rings. The molecule has 1 amide bonds. The van der Waals surface area contributed by atoms with Crippen molar-refractivity contribution in [3.63, 3.8) is 0 Å². The monoisotopic (exact) mass is 575 g/mol. The van der Waals surface area contributed by atoms with Gasteiger partial charge in [-0.3, -0.25) is 9.52 Å². The van der Waals surface area contributed by atoms with Crippen LogP contribution in [0.1, 0.15) is 23.3 Å². The predicted molar refractivity (Wildman–Crippen MR) is 148 cm³/mol. The van der Waals surface area contributed by atoms with E-state index in [0.29, 0.717) is 46.1 Å². The Labute approximate surface area is 229 Å². The van der Waals surface area contributed by atoms with E-state index in [9.17, 15) is 13.2 Å². The lowest BCUT2D eigenvalue weighted by Gasteiger charge is -2.09. The maximum Gasteiger partial charge on any atom is 0.263 e. The van der Waals surface area contributed by atoms with Crippen LogP contribution in [-0.2, 0) is 21.2 Å². The Morgan fingerprint density at radius 1 is 1.00 bits per heavy atom. The second-order valence-electron chi connectivity index (χ2n) is 8.00. The van der Waals surface area contributed by atoms with Gasteiger partial charge in [0, 0.05) is 34.6 Å². The molecule has 0 radical (unpaired) electrons. The number of thiazole rings is 1. The molecule has 2 N–H and O–H groups in total. The Hall–Kier alpha value is -3.11. The van der Waals surface area contributed by atoms with Gasteiger partial charge in [0.2, 0.25) is 5.91 Å². The fourth-order valence-corrected chi connectivity index (χ4v) is 5.91. The molecule has 0 aliphatic carbocycles. The molecule has 4 rings (SSSR count). The van der Waals surface area contributed by atoms with Crippen molar-refractivity contribution in [1.82, 2.24) is 4.98 Å². The maximum absolute atomic E-state index is 12.8. The minimum atomic E-state index is -3.82. The molecule has 0 aliphatic heterocycles. The van der Waals surface area contributed by atoms with E-state index in [4.69, 9.17) is 27.9 Å². The summed E-state index contributed by atoms with van der Waals surface area (Å²) in [6.07, 6.45) is 3.04. The highest BCUT2D eigenvalue weighted by molar-refractivity contribution is 7.93. The topological polar surface area (TPSA) is 97.4 Å². The summed E-state index contributed by atoms with van der Waals surface area (Å²) >= 11 is 13.2. The van der Waals surface area contributed by atoms with E-state index < -0.39 is 10.0 Å². The smallest absolute Gasteiger partial charge is 0.263 e. The minimum Gasteiger partial charge on any atom is -0.492 e. The van der Waals surface area contributed by atoms with Crippen LogP contribution in [0.4, 0.5) is 10.8 Å². The van der Waals surface area contributed by atoms with E-state index in [-0.39, 0.29) is 17.2 Å². The number of benzene rings is 3. The van der Waals surface area contributed by atoms with Crippen LogP contribution in [0.2, 0.25) is 10.0 Å². The van der Waals surface area contributed by atoms with E-state index in [0.717, 1.165) is 10.4 Å². The Balaban J connectivity index is 1.25. The van der Waals surface area contributed by atoms with Gasteiger partial charge in [-0.2, -0.15) is 0 Å². The molecule has 0 aliphatic rings. The van der Waals surface area contributed by atoms with Crippen LogP contribution in [0, 0.1) is 0 Å². The number of sulfonamides is 1. The number of anilines is 2. The molecular formula is C26H23Cl2N3O4S2. The number of hydrogen-bond acceptors (Lipinski definition) is 6. The number of halogens is 2. The molecule has 1 aromatic heterocycles. The lowest BCUT2D eigenvalue weighted by Crippen LogP contribution is -2.14. The molecule has 1 heterocycles. The zero-order chi connectivity index (χ0) is 26.3. The van der Waals surface area contributed by atoms with Crippen LogP contribution in [0.15, 0.2) is 83.9 Å². The van der Waals surface area contributed by atoms with Gasteiger partial charge in [0.05, 0.1) is 16.5 Å². The summed E-state index contributed by atoms with van der Waals surface area (Å²) < 4.78 is 33.6. The van der Waals surface area contributed by atoms with Crippen LogP contribution < -0.4 is 14.8 Å². The van der Waals surface area contributed by atoms with Gasteiger partial charge < -0.3 is 10.1 Å². The molecule has 0 saturated carbocycles. The van der Waals surface area contributed by atoms with Crippen molar-refractivity contribution in [1.29, 1.82) is 0 Å². The summed E-state index contributed by atoms with van der Waals surface area (Å²) in [6.45, 7) is 0.307. The van der Waals surface area contributed by atoms with E-state index in [2.05, 4.69) is 15.0 Å². The first-order valence-corrected chi connectivity index (χ1v) is 14.3. The molecule has 0 fully saturated rings. The molecule has 3 aromatic carbocycles. The Morgan fingerprint density at radius 3 is 2.49 bits per heavy atom. The number of hydrogen-bond donors (Lipinski definition) is 2. The summed E-state index contributed by atoms with van der Waals surface area (Å²) in [5, 5.41) is 3.97. The SMILES string of the molecule is O=C(CCCOc1ccc(Cl)cc1Cl)Nc1ccc(S(=O)(=O)Nc2ncc(Cc3ccccc3)s2)cc1. The van der Waals surface area contributed by atoms with Crippen molar-refractivity contribution in [3.05, 3.63) is 99.5 Å². The van der Waals surface area contributed by atoms with Crippen molar-refractivity contribution in [2.45, 2.75) is 24.2 Å². The second kappa shape index (κ2) is 12.4. The normalized spacial score (nSPS) is 11.2. The van der Waals surface area contributed by atoms with Gasteiger partial charge in [-0.1, -0.05) is 53.5 Å². The summed E-state index contributed by atoms with van der Waals surface area (Å²) in [5.41, 5.74) is 1.61. The highest BCUT2D eigenvalue weighted by Gasteiger charge is 2.17. The molecule has 37 heavy (non-hydrogen) atoms. The number of nitrogens with one attached hydrogen (secondary N) is 2. The van der Waals surface area contributed by atoms with E-state index in [1.807, 2.05) is 30.3 Å². The Bertz CT molecular complexity index is 1460. The average molecular weight is 577 g/mol. The van der Waals surface area contributed by atoms with Gasteiger partial charge >= 0.3 is 0 Å². The molecule has 7 nitrogen and oxygen atoms in total. The Kier molecular flexibility index (Phi) is 9.04. The van der Waals surface area contributed by atoms with Crippen molar-refractivity contribution < 1.29 is 17.9 Å². The van der Waals surface area contributed by atoms with E-state index in [1.165, 1.54) is 23.5 Å². The molecule has 0 saturated heterocycles. The number of ether oxygens (including phenoxy) is 1. The summed E-state index contributed by atoms with van der Waals surface area (Å²) in [5.74, 6) is 0.287. The number of carbonyl (C=O) groups excluding carboxylic acids is 1. The molecule has 0 atom stereocenters. The van der Waals surface area contributed by atoms with Gasteiger partial charge in [0.15, 0.2) is 5.13 Å². The first kappa shape index (κ1) is 26.9. The number of nitrogens with zero attached hydrogens (tertiary/aromatic N) is 1. The molecule has 11 heteroatoms. The summed E-state index contributed by atoms with van der Waals surface area (Å²) in [6, 6.07) is 20.8. The molecule has 192 valence electrons. The van der Waals surface area contributed by atoms with Crippen molar-refractivity contribution in [2.24, 2.45) is 0 Å². The van der Waals surface area contributed by atoms with Gasteiger partial charge in [0.1, 0.15) is 5.75 Å². The molecule has 0 spiro atoms. The standard InChI is InChI=1S/C26H23Cl2N3O4S2/c27-19-8-13-24(23(28)16-19)35-14-4-7-25(32)30-20-9-11-22(12-10-20)37(33,34)31-26-29-17-21(36-26)15-18-5-2-1-3-6-18/h1-3,5-6,8-13,16-17H,4,7,14-15H2,(H,29,31)(H,30,32). The van der Waals surface area contributed by atoms with Crippen LogP contribution in [0.25, 0.3) is 0 Å². The lowest BCUT2D eigenvalue weighted by molar-refractivity contribution is -0.116. The highest BCUT2D eigenvalue weighted by Crippen LogP contribution is 2.28. The van der Waals surface area contributed by atoms with Crippen molar-refractivity contribution in [3.8, 4) is 5.75 Å². The average Bonchev–Trinajstić information content (AvgIpc) is 3.29. The number of carbonyl (C=O) groups is 1. The summed E-state index contributed by atoms with van der Waals surface area (Å²) in [7, 11) is -3.82. The van der Waals surface area contributed by atoms with Crippen LogP contribution in [0.5, 0.6) is 5.75 Å². The second-order valence-corrected chi connectivity index (χ2v) is 11.6. The first-order chi connectivity index (χ1) is 17.8. The minimum absolute atomic E-state index is 0.0681. The van der Waals surface area contributed by atoms with Crippen molar-refractivity contribution >= 4 is 61.3 Å². The van der Waals surface area contributed by atoms with Gasteiger partial charge in [-0.05, 0) is 54.4 Å². The quantitative estimate of drug-likeness (QED) is 0.195. The third-order valence-electron chi connectivity index (χ3n) is 5.14. The highest BCUT2D eigenvalue weighted by atomic mass is 35.5. The van der Waals surface area contributed by atoms with Gasteiger partial charge in [-0.15, -0.1) is 11.3 Å². The first-order valence-electron chi connectivity index (χ1n) is 11.3. The van der Waals surface area contributed by atoms with Crippen LogP contribution >= 0.6 is 34.5 Å². The zero-order valence-electron chi connectivity index (χ0n) is 19.5. The van der Waals surface area contributed by atoms with E-state index >= 15 is 0 Å². The lowest BCUT2D eigenvalue weighted by atomic mass is 10.1. The van der Waals surface area contributed by atoms with Crippen LogP contribution in [0.3, 0.4) is 0 Å². The number of rotatable bonds is 11. The third-order valence-corrected chi connectivity index (χ3v) is 8.07. The largest absolute Gasteiger partial charge is 0.492 e. The van der Waals surface area contributed by atoms with Gasteiger partial charge in [0.25, 0.3) is 10.0 Å². The van der Waals surface area contributed by atoms with Crippen molar-refractivity contribution in [2.75, 3.05) is 16.6 Å². The van der Waals surface area contributed by atoms with Gasteiger partial charge in [-0.25, -0.2) is 13.4 Å². The number of amides is 1. The molecule has 0 bridgehead atoms. The predicted octanol–water partition coefficient (Wildman–Crippen LogP) is 6.64. The molecular weight excluding hydrogens is 553 g/mol. The fraction of sp³-hybridized carbons (Fsp3) is 0.154. The maximum atomic E-state index is 12.8. The number of aromatic nitrogens is 1. The van der Waals surface area contributed by atoms with Crippen LogP contribution in [-0.4, -0.2) is 25.9 Å². The Morgan fingerprint density at radius 2 is 1.76 bits per heavy atom. The third kappa shape index (κ3) is 7.93.